The van der Waals surface area contributed by atoms with Gasteiger partial charge in [0, 0.05) is 18.0 Å². The van der Waals surface area contributed by atoms with Crippen molar-refractivity contribution in [3.63, 3.8) is 0 Å². The number of aryl methyl sites for hydroxylation is 1. The Labute approximate surface area is 117 Å². The van der Waals surface area contributed by atoms with E-state index in [-0.39, 0.29) is 11.9 Å². The van der Waals surface area contributed by atoms with Gasteiger partial charge in [0.25, 0.3) is 0 Å². The van der Waals surface area contributed by atoms with Gasteiger partial charge in [-0.2, -0.15) is 0 Å². The molecule has 0 aliphatic carbocycles. The maximum atomic E-state index is 13.5. The zero-order valence-corrected chi connectivity index (χ0v) is 11.6. The van der Waals surface area contributed by atoms with Crippen LogP contribution in [0.15, 0.2) is 36.7 Å². The number of aromatic nitrogens is 1. The molecule has 0 bridgehead atoms. The van der Waals surface area contributed by atoms with Crippen molar-refractivity contribution in [2.75, 3.05) is 7.11 Å². The Morgan fingerprint density at radius 1 is 1.35 bits per heavy atom. The van der Waals surface area contributed by atoms with Crippen LogP contribution in [0.2, 0.25) is 0 Å². The van der Waals surface area contributed by atoms with Crippen LogP contribution < -0.4 is 16.0 Å². The molecule has 0 spiro atoms. The lowest BCUT2D eigenvalue weighted by atomic mass is 9.94. The molecule has 0 aliphatic heterocycles. The predicted molar refractivity (Wildman–Crippen MR) is 75.7 cm³/mol. The summed E-state index contributed by atoms with van der Waals surface area (Å²) in [5.41, 5.74) is 5.42. The van der Waals surface area contributed by atoms with Crippen molar-refractivity contribution in [1.29, 1.82) is 0 Å². The summed E-state index contributed by atoms with van der Waals surface area (Å²) in [5.74, 6) is 5.95. The molecular weight excluding hydrogens is 257 g/mol. The van der Waals surface area contributed by atoms with Gasteiger partial charge in [-0.1, -0.05) is 6.92 Å². The van der Waals surface area contributed by atoms with Gasteiger partial charge in [0.2, 0.25) is 0 Å². The molecule has 106 valence electrons. The van der Waals surface area contributed by atoms with Gasteiger partial charge < -0.3 is 4.74 Å². The quantitative estimate of drug-likeness (QED) is 0.649. The highest BCUT2D eigenvalue weighted by Gasteiger charge is 2.20. The van der Waals surface area contributed by atoms with Crippen LogP contribution >= 0.6 is 0 Å². The smallest absolute Gasteiger partial charge is 0.124 e. The maximum Gasteiger partial charge on any atom is 0.124 e. The first-order valence-electron chi connectivity index (χ1n) is 6.43. The third kappa shape index (κ3) is 2.79. The fraction of sp³-hybridized carbons (Fsp3) is 0.267. The highest BCUT2D eigenvalue weighted by molar-refractivity contribution is 5.43. The number of halogens is 1. The van der Waals surface area contributed by atoms with Crippen LogP contribution in [0.5, 0.6) is 5.75 Å². The van der Waals surface area contributed by atoms with Crippen molar-refractivity contribution in [2.45, 2.75) is 19.4 Å². The fourth-order valence-corrected chi connectivity index (χ4v) is 2.29. The number of hydrazine groups is 1. The first-order chi connectivity index (χ1) is 9.71. The SMILES string of the molecule is CCc1cnccc1C(NN)c1cc(F)ccc1OC. The van der Waals surface area contributed by atoms with E-state index < -0.39 is 0 Å². The fourth-order valence-electron chi connectivity index (χ4n) is 2.29. The molecule has 2 aromatic rings. The second kappa shape index (κ2) is 6.45. The Morgan fingerprint density at radius 2 is 2.15 bits per heavy atom. The third-order valence-corrected chi connectivity index (χ3v) is 3.30. The number of ether oxygens (including phenoxy) is 1. The van der Waals surface area contributed by atoms with E-state index in [0.717, 1.165) is 17.5 Å². The molecule has 0 radical (unpaired) electrons. The Hall–Kier alpha value is -1.98. The van der Waals surface area contributed by atoms with E-state index in [0.29, 0.717) is 11.3 Å². The minimum atomic E-state index is -0.349. The van der Waals surface area contributed by atoms with Crippen LogP contribution in [-0.4, -0.2) is 12.1 Å². The number of nitrogens with zero attached hydrogens (tertiary/aromatic N) is 1. The summed E-state index contributed by atoms with van der Waals surface area (Å²) in [6.07, 6.45) is 4.31. The Morgan fingerprint density at radius 3 is 2.80 bits per heavy atom. The zero-order chi connectivity index (χ0) is 14.5. The summed E-state index contributed by atoms with van der Waals surface area (Å²) >= 11 is 0. The highest BCUT2D eigenvalue weighted by Crippen LogP contribution is 2.31. The molecule has 0 fully saturated rings. The molecule has 20 heavy (non-hydrogen) atoms. The number of hydrogen-bond acceptors (Lipinski definition) is 4. The number of nitrogens with two attached hydrogens (primary N) is 1. The van der Waals surface area contributed by atoms with Crippen molar-refractivity contribution < 1.29 is 9.13 Å². The van der Waals surface area contributed by atoms with Crippen LogP contribution in [0.3, 0.4) is 0 Å². The highest BCUT2D eigenvalue weighted by atomic mass is 19.1. The van der Waals surface area contributed by atoms with E-state index in [4.69, 9.17) is 10.6 Å². The molecule has 2 rings (SSSR count). The van der Waals surface area contributed by atoms with E-state index >= 15 is 0 Å². The molecule has 5 heteroatoms. The number of nitrogens with one attached hydrogen (secondary N) is 1. The molecule has 1 heterocycles. The molecule has 1 unspecified atom stereocenters. The van der Waals surface area contributed by atoms with Crippen molar-refractivity contribution in [2.24, 2.45) is 5.84 Å². The van der Waals surface area contributed by atoms with Crippen LogP contribution in [-0.2, 0) is 6.42 Å². The van der Waals surface area contributed by atoms with Gasteiger partial charge in [0.1, 0.15) is 11.6 Å². The summed E-state index contributed by atoms with van der Waals surface area (Å²) in [4.78, 5) is 4.11. The summed E-state index contributed by atoms with van der Waals surface area (Å²) < 4.78 is 18.8. The molecule has 1 aromatic carbocycles. The Balaban J connectivity index is 2.55. The minimum absolute atomic E-state index is 0.326. The topological polar surface area (TPSA) is 60.2 Å². The normalized spacial score (nSPS) is 12.2. The summed E-state index contributed by atoms with van der Waals surface area (Å²) in [6, 6.07) is 5.93. The molecular formula is C15H18FN3O. The molecule has 0 aliphatic rings. The van der Waals surface area contributed by atoms with Crippen molar-refractivity contribution >= 4 is 0 Å². The second-order valence-electron chi connectivity index (χ2n) is 4.41. The van der Waals surface area contributed by atoms with Gasteiger partial charge in [0.15, 0.2) is 0 Å². The van der Waals surface area contributed by atoms with Gasteiger partial charge in [-0.3, -0.25) is 10.8 Å². The lowest BCUT2D eigenvalue weighted by molar-refractivity contribution is 0.402. The summed E-state index contributed by atoms with van der Waals surface area (Å²) in [6.45, 7) is 2.04. The Bertz CT molecular complexity index is 589. The minimum Gasteiger partial charge on any atom is -0.496 e. The summed E-state index contributed by atoms with van der Waals surface area (Å²) in [5, 5.41) is 0. The van der Waals surface area contributed by atoms with E-state index in [9.17, 15) is 4.39 Å². The van der Waals surface area contributed by atoms with Gasteiger partial charge in [0.05, 0.1) is 13.2 Å². The molecule has 0 saturated heterocycles. The van der Waals surface area contributed by atoms with Gasteiger partial charge >= 0.3 is 0 Å². The largest absolute Gasteiger partial charge is 0.496 e. The third-order valence-electron chi connectivity index (χ3n) is 3.30. The maximum absolute atomic E-state index is 13.5. The second-order valence-corrected chi connectivity index (χ2v) is 4.41. The molecule has 1 atom stereocenters. The number of rotatable bonds is 5. The standard InChI is InChI=1S/C15H18FN3O/c1-3-10-9-18-7-6-12(10)15(19-17)13-8-11(16)4-5-14(13)20-2/h4-9,15,19H,3,17H2,1-2H3. The van der Waals surface area contributed by atoms with Gasteiger partial charge in [-0.15, -0.1) is 0 Å². The van der Waals surface area contributed by atoms with Crippen LogP contribution in [0.25, 0.3) is 0 Å². The predicted octanol–water partition coefficient (Wildman–Crippen LogP) is 2.34. The average molecular weight is 275 g/mol. The van der Waals surface area contributed by atoms with Crippen molar-refractivity contribution in [3.05, 3.63) is 59.2 Å². The van der Waals surface area contributed by atoms with E-state index in [1.165, 1.54) is 12.1 Å². The number of pyridine rings is 1. The monoisotopic (exact) mass is 275 g/mol. The molecule has 1 aromatic heterocycles. The zero-order valence-electron chi connectivity index (χ0n) is 11.6. The van der Waals surface area contributed by atoms with Gasteiger partial charge in [-0.25, -0.2) is 9.82 Å². The van der Waals surface area contributed by atoms with Crippen LogP contribution in [0, 0.1) is 5.82 Å². The number of benzene rings is 1. The van der Waals surface area contributed by atoms with Gasteiger partial charge in [-0.05, 0) is 41.8 Å². The van der Waals surface area contributed by atoms with Crippen LogP contribution in [0.4, 0.5) is 4.39 Å². The lowest BCUT2D eigenvalue weighted by Crippen LogP contribution is -2.30. The molecule has 0 saturated carbocycles. The van der Waals surface area contributed by atoms with E-state index in [2.05, 4.69) is 10.4 Å². The molecule has 4 nitrogen and oxygen atoms in total. The Kier molecular flexibility index (Phi) is 4.65. The van der Waals surface area contributed by atoms with Crippen molar-refractivity contribution in [1.82, 2.24) is 10.4 Å². The number of hydrogen-bond donors (Lipinski definition) is 2. The number of methoxy groups -OCH3 is 1. The molecule has 0 amide bonds. The van der Waals surface area contributed by atoms with Crippen LogP contribution in [0.1, 0.15) is 29.7 Å². The first kappa shape index (κ1) is 14.4. The first-order valence-corrected chi connectivity index (χ1v) is 6.43. The van der Waals surface area contributed by atoms with E-state index in [1.54, 1.807) is 25.6 Å². The lowest BCUT2D eigenvalue weighted by Gasteiger charge is -2.21. The van der Waals surface area contributed by atoms with E-state index in [1.807, 2.05) is 13.0 Å². The average Bonchev–Trinajstić information content (AvgIpc) is 2.49. The van der Waals surface area contributed by atoms with Crippen molar-refractivity contribution in [3.8, 4) is 5.75 Å². The summed E-state index contributed by atoms with van der Waals surface area (Å²) in [7, 11) is 1.55. The molecule has 3 N–H and O–H groups in total.